The van der Waals surface area contributed by atoms with Crippen LogP contribution in [0.2, 0.25) is 0 Å². The van der Waals surface area contributed by atoms with Gasteiger partial charge in [0.05, 0.1) is 0 Å². The highest BCUT2D eigenvalue weighted by molar-refractivity contribution is 6.53. The van der Waals surface area contributed by atoms with Crippen LogP contribution >= 0.6 is 0 Å². The quantitative estimate of drug-likeness (QED) is 0.397. The first kappa shape index (κ1) is 14.7. The molecule has 0 unspecified atom stereocenters. The third-order valence-electron chi connectivity index (χ3n) is 2.64. The number of benzene rings is 2. The minimum atomic E-state index is -3.06. The molecule has 21 heavy (non-hydrogen) atoms. The summed E-state index contributed by atoms with van der Waals surface area (Å²) in [6.07, 6.45) is 0. The van der Waals surface area contributed by atoms with Crippen molar-refractivity contribution < 1.29 is 18.6 Å². The topological polar surface area (TPSA) is 54.2 Å². The summed E-state index contributed by atoms with van der Waals surface area (Å²) in [5.41, 5.74) is 1.09. The second-order valence-electron chi connectivity index (χ2n) is 3.99. The van der Waals surface area contributed by atoms with Crippen molar-refractivity contribution in [3.63, 3.8) is 0 Å². The van der Waals surface area contributed by atoms with E-state index in [2.05, 4.69) is 15.1 Å². The number of rotatable bonds is 5. The third kappa shape index (κ3) is 3.88. The Hall–Kier alpha value is -2.70. The second-order valence-corrected chi connectivity index (χ2v) is 3.99. The average molecular weight is 288 g/mol. The second kappa shape index (κ2) is 7.18. The molecular formula is C14H11BF2N2O2. The Morgan fingerprint density at radius 1 is 0.857 bits per heavy atom. The molecule has 1 N–H and O–H groups in total. The van der Waals surface area contributed by atoms with Crippen molar-refractivity contribution in [2.75, 3.05) is 0 Å². The van der Waals surface area contributed by atoms with E-state index in [4.69, 9.17) is 0 Å². The monoisotopic (exact) mass is 288 g/mol. The Morgan fingerprint density at radius 2 is 1.33 bits per heavy atom. The molecule has 0 amide bonds. The van der Waals surface area contributed by atoms with Gasteiger partial charge in [-0.25, -0.2) is 8.63 Å². The number of nitrogens with zero attached hydrogens (tertiary/aromatic N) is 2. The Balaban J connectivity index is 2.46. The molecule has 7 heteroatoms. The molecule has 0 aromatic heterocycles. The lowest BCUT2D eigenvalue weighted by Crippen LogP contribution is -2.19. The molecule has 0 bridgehead atoms. The van der Waals surface area contributed by atoms with E-state index in [1.807, 2.05) is 0 Å². The fourth-order valence-electron chi connectivity index (χ4n) is 1.76. The minimum absolute atomic E-state index is 0.0181. The summed E-state index contributed by atoms with van der Waals surface area (Å²) in [5, 5.41) is 15.8. The van der Waals surface area contributed by atoms with Crippen molar-refractivity contribution in [3.05, 3.63) is 71.8 Å². The largest absolute Gasteiger partial charge is 0.818 e. The predicted molar refractivity (Wildman–Crippen MR) is 76.8 cm³/mol. The number of oxime groups is 2. The smallest absolute Gasteiger partial charge is 0.410 e. The highest BCUT2D eigenvalue weighted by Gasteiger charge is 2.21. The molecule has 0 aliphatic rings. The van der Waals surface area contributed by atoms with Crippen molar-refractivity contribution in [1.82, 2.24) is 0 Å². The Bertz CT molecular complexity index is 634. The van der Waals surface area contributed by atoms with Crippen molar-refractivity contribution in [2.45, 2.75) is 0 Å². The van der Waals surface area contributed by atoms with Gasteiger partial charge in [-0.3, -0.25) is 0 Å². The molecule has 2 rings (SSSR count). The van der Waals surface area contributed by atoms with Crippen molar-refractivity contribution in [3.8, 4) is 0 Å². The molecule has 106 valence electrons. The summed E-state index contributed by atoms with van der Waals surface area (Å²) in [6.45, 7) is 0. The lowest BCUT2D eigenvalue weighted by atomic mass is 10.00. The standard InChI is InChI=1S/C14H11BF2N2O2/c16-15(17)21-19-14(12-9-5-2-6-10-12)13(18-20)11-7-3-1-4-8-11/h1-10,20H/b18-13+,19-14+. The third-order valence-corrected chi connectivity index (χ3v) is 2.64. The van der Waals surface area contributed by atoms with Gasteiger partial charge < -0.3 is 9.96 Å². The number of hydrogen-bond acceptors (Lipinski definition) is 4. The first-order chi connectivity index (χ1) is 10.2. The van der Waals surface area contributed by atoms with Crippen LogP contribution in [-0.4, -0.2) is 24.1 Å². The predicted octanol–water partition coefficient (Wildman–Crippen LogP) is 3.21. The van der Waals surface area contributed by atoms with E-state index in [0.29, 0.717) is 11.1 Å². The Morgan fingerprint density at radius 3 is 1.76 bits per heavy atom. The molecule has 0 heterocycles. The SMILES string of the molecule is O/N=C(/C(=N/OB(F)F)c1ccccc1)c1ccccc1. The first-order valence-corrected chi connectivity index (χ1v) is 6.07. The number of halogens is 2. The molecule has 0 spiro atoms. The summed E-state index contributed by atoms with van der Waals surface area (Å²) in [5.74, 6) is 0. The van der Waals surface area contributed by atoms with E-state index in [-0.39, 0.29) is 11.4 Å². The molecule has 2 aromatic carbocycles. The summed E-state index contributed by atoms with van der Waals surface area (Å²) in [4.78, 5) is 0. The molecule has 0 aliphatic heterocycles. The molecule has 0 fully saturated rings. The summed E-state index contributed by atoms with van der Waals surface area (Å²) >= 11 is 0. The van der Waals surface area contributed by atoms with Gasteiger partial charge in [0.1, 0.15) is 11.4 Å². The maximum atomic E-state index is 12.2. The van der Waals surface area contributed by atoms with Gasteiger partial charge in [0.2, 0.25) is 0 Å². The summed E-state index contributed by atoms with van der Waals surface area (Å²) < 4.78 is 28.5. The summed E-state index contributed by atoms with van der Waals surface area (Å²) in [6, 6.07) is 17.1. The maximum absolute atomic E-state index is 12.2. The average Bonchev–Trinajstić information content (AvgIpc) is 2.53. The van der Waals surface area contributed by atoms with E-state index in [0.717, 1.165) is 0 Å². The van der Waals surface area contributed by atoms with Crippen LogP contribution in [0.25, 0.3) is 0 Å². The molecule has 4 nitrogen and oxygen atoms in total. The Labute approximate surface area is 120 Å². The van der Waals surface area contributed by atoms with Gasteiger partial charge in [-0.15, -0.1) is 0 Å². The Kier molecular flexibility index (Phi) is 5.03. The lowest BCUT2D eigenvalue weighted by Gasteiger charge is -2.08. The zero-order valence-corrected chi connectivity index (χ0v) is 10.9. The van der Waals surface area contributed by atoms with Crippen LogP contribution in [0.3, 0.4) is 0 Å². The summed E-state index contributed by atoms with van der Waals surface area (Å²) in [7, 11) is -3.06. The minimum Gasteiger partial charge on any atom is -0.410 e. The molecular weight excluding hydrogens is 277 g/mol. The van der Waals surface area contributed by atoms with Crippen LogP contribution in [-0.2, 0) is 4.76 Å². The van der Waals surface area contributed by atoms with Crippen LogP contribution in [0, 0.1) is 0 Å². The van der Waals surface area contributed by atoms with Crippen LogP contribution < -0.4 is 0 Å². The van der Waals surface area contributed by atoms with Gasteiger partial charge >= 0.3 is 7.47 Å². The van der Waals surface area contributed by atoms with Gasteiger partial charge in [0.15, 0.2) is 0 Å². The normalized spacial score (nSPS) is 12.1. The molecule has 0 aliphatic carbocycles. The van der Waals surface area contributed by atoms with Gasteiger partial charge in [0, 0.05) is 11.1 Å². The molecule has 0 atom stereocenters. The van der Waals surface area contributed by atoms with Crippen LogP contribution in [0.5, 0.6) is 0 Å². The van der Waals surface area contributed by atoms with Crippen molar-refractivity contribution in [1.29, 1.82) is 0 Å². The molecule has 0 saturated carbocycles. The molecule has 2 aromatic rings. The fraction of sp³-hybridized carbons (Fsp3) is 0. The highest BCUT2D eigenvalue weighted by Crippen LogP contribution is 2.11. The molecule has 0 saturated heterocycles. The number of hydrogen-bond donors (Lipinski definition) is 1. The van der Waals surface area contributed by atoms with E-state index >= 15 is 0 Å². The van der Waals surface area contributed by atoms with Gasteiger partial charge in [0.25, 0.3) is 0 Å². The lowest BCUT2D eigenvalue weighted by molar-refractivity contribution is 0.271. The van der Waals surface area contributed by atoms with Crippen LogP contribution in [0.4, 0.5) is 8.63 Å². The van der Waals surface area contributed by atoms with Gasteiger partial charge in [-0.2, -0.15) is 0 Å². The zero-order chi connectivity index (χ0) is 15.1. The maximum Gasteiger partial charge on any atom is 0.818 e. The van der Waals surface area contributed by atoms with E-state index < -0.39 is 7.47 Å². The molecule has 0 radical (unpaired) electrons. The zero-order valence-electron chi connectivity index (χ0n) is 10.9. The van der Waals surface area contributed by atoms with Crippen molar-refractivity contribution >= 4 is 18.9 Å². The van der Waals surface area contributed by atoms with Crippen LogP contribution in [0.1, 0.15) is 11.1 Å². The first-order valence-electron chi connectivity index (χ1n) is 6.07. The van der Waals surface area contributed by atoms with Gasteiger partial charge in [-0.05, 0) is 0 Å². The van der Waals surface area contributed by atoms with Crippen molar-refractivity contribution in [2.24, 2.45) is 10.3 Å². The van der Waals surface area contributed by atoms with Crippen LogP contribution in [0.15, 0.2) is 71.0 Å². The van der Waals surface area contributed by atoms with E-state index in [9.17, 15) is 13.8 Å². The van der Waals surface area contributed by atoms with E-state index in [1.165, 1.54) is 0 Å². The van der Waals surface area contributed by atoms with Gasteiger partial charge in [-0.1, -0.05) is 71.0 Å². The highest BCUT2D eigenvalue weighted by atomic mass is 19.2. The fourth-order valence-corrected chi connectivity index (χ4v) is 1.76. The van der Waals surface area contributed by atoms with E-state index in [1.54, 1.807) is 60.7 Å².